The zero-order valence-corrected chi connectivity index (χ0v) is 10.7. The predicted molar refractivity (Wildman–Crippen MR) is 71.1 cm³/mol. The molecule has 0 saturated carbocycles. The quantitative estimate of drug-likeness (QED) is 0.849. The second-order valence-corrected chi connectivity index (χ2v) is 5.13. The molecule has 1 aromatic carbocycles. The number of nitrogens with zero attached hydrogens (tertiary/aromatic N) is 2. The molecule has 5 heteroatoms. The molecule has 2 N–H and O–H groups in total. The standard InChI is InChI=1S/C13H16N4O/c1-13(2,3)9-4-6-10(7-5-9)15-12-16-11(18)8-14-17-12/h4-8H,1-3H3,(H2,15,16,17,18). The van der Waals surface area contributed by atoms with Gasteiger partial charge in [0, 0.05) is 5.69 Å². The molecule has 2 aromatic rings. The zero-order chi connectivity index (χ0) is 13.2. The maximum Gasteiger partial charge on any atom is 0.271 e. The van der Waals surface area contributed by atoms with E-state index in [1.54, 1.807) is 0 Å². The number of H-pyrrole nitrogens is 1. The van der Waals surface area contributed by atoms with Crippen LogP contribution < -0.4 is 10.9 Å². The Morgan fingerprint density at radius 1 is 1.17 bits per heavy atom. The minimum Gasteiger partial charge on any atom is -0.324 e. The van der Waals surface area contributed by atoms with Crippen molar-refractivity contribution in [2.24, 2.45) is 0 Å². The average molecular weight is 244 g/mol. The number of anilines is 2. The Hall–Kier alpha value is -2.17. The van der Waals surface area contributed by atoms with Crippen molar-refractivity contribution in [1.29, 1.82) is 0 Å². The highest BCUT2D eigenvalue weighted by molar-refractivity contribution is 5.53. The van der Waals surface area contributed by atoms with Crippen LogP contribution in [0.1, 0.15) is 26.3 Å². The van der Waals surface area contributed by atoms with E-state index in [0.29, 0.717) is 5.95 Å². The van der Waals surface area contributed by atoms with Crippen molar-refractivity contribution in [3.05, 3.63) is 46.4 Å². The molecule has 0 bridgehead atoms. The highest BCUT2D eigenvalue weighted by Gasteiger charge is 2.12. The Kier molecular flexibility index (Phi) is 3.14. The molecule has 0 aliphatic rings. The number of hydrogen-bond donors (Lipinski definition) is 2. The first-order valence-corrected chi connectivity index (χ1v) is 5.75. The van der Waals surface area contributed by atoms with Crippen molar-refractivity contribution in [2.75, 3.05) is 5.32 Å². The smallest absolute Gasteiger partial charge is 0.271 e. The summed E-state index contributed by atoms with van der Waals surface area (Å²) in [7, 11) is 0. The van der Waals surface area contributed by atoms with Gasteiger partial charge >= 0.3 is 0 Å². The molecule has 0 aliphatic heterocycles. The fraction of sp³-hybridized carbons (Fsp3) is 0.308. The van der Waals surface area contributed by atoms with Crippen LogP contribution in [0.15, 0.2) is 35.3 Å². The van der Waals surface area contributed by atoms with Gasteiger partial charge < -0.3 is 5.32 Å². The summed E-state index contributed by atoms with van der Waals surface area (Å²) in [6.45, 7) is 6.49. The molecule has 0 radical (unpaired) electrons. The first-order chi connectivity index (χ1) is 8.45. The first-order valence-electron chi connectivity index (χ1n) is 5.75. The van der Waals surface area contributed by atoms with Gasteiger partial charge in [0.1, 0.15) is 6.20 Å². The van der Waals surface area contributed by atoms with E-state index in [4.69, 9.17) is 0 Å². The Balaban J connectivity index is 2.19. The largest absolute Gasteiger partial charge is 0.324 e. The van der Waals surface area contributed by atoms with Gasteiger partial charge in [0.15, 0.2) is 0 Å². The third-order valence-electron chi connectivity index (χ3n) is 2.59. The van der Waals surface area contributed by atoms with E-state index in [1.807, 2.05) is 12.1 Å². The zero-order valence-electron chi connectivity index (χ0n) is 10.7. The summed E-state index contributed by atoms with van der Waals surface area (Å²) < 4.78 is 0. The molecule has 0 unspecified atom stereocenters. The third-order valence-corrected chi connectivity index (χ3v) is 2.59. The molecule has 0 amide bonds. The summed E-state index contributed by atoms with van der Waals surface area (Å²) in [6.07, 6.45) is 1.13. The van der Waals surface area contributed by atoms with E-state index >= 15 is 0 Å². The molecule has 0 spiro atoms. The van der Waals surface area contributed by atoms with Crippen molar-refractivity contribution in [3.63, 3.8) is 0 Å². The van der Waals surface area contributed by atoms with Gasteiger partial charge in [0.25, 0.3) is 5.56 Å². The molecule has 94 valence electrons. The van der Waals surface area contributed by atoms with E-state index in [-0.39, 0.29) is 11.0 Å². The van der Waals surface area contributed by atoms with Gasteiger partial charge in [-0.15, -0.1) is 10.2 Å². The van der Waals surface area contributed by atoms with Gasteiger partial charge in [-0.05, 0) is 23.1 Å². The maximum absolute atomic E-state index is 11.1. The Morgan fingerprint density at radius 2 is 1.83 bits per heavy atom. The van der Waals surface area contributed by atoms with Crippen LogP contribution in [0.25, 0.3) is 0 Å². The Morgan fingerprint density at radius 3 is 2.39 bits per heavy atom. The van der Waals surface area contributed by atoms with Gasteiger partial charge in [0.2, 0.25) is 5.95 Å². The lowest BCUT2D eigenvalue weighted by molar-refractivity contribution is 0.590. The second-order valence-electron chi connectivity index (χ2n) is 5.13. The van der Waals surface area contributed by atoms with Crippen LogP contribution in [0.2, 0.25) is 0 Å². The fourth-order valence-corrected chi connectivity index (χ4v) is 1.56. The molecule has 0 atom stereocenters. The van der Waals surface area contributed by atoms with Crippen molar-refractivity contribution in [3.8, 4) is 0 Å². The lowest BCUT2D eigenvalue weighted by atomic mass is 9.87. The van der Waals surface area contributed by atoms with Gasteiger partial charge in [-0.3, -0.25) is 9.78 Å². The molecular formula is C13H16N4O. The first kappa shape index (κ1) is 12.3. The number of aromatic amines is 1. The van der Waals surface area contributed by atoms with Crippen LogP contribution in [-0.2, 0) is 5.41 Å². The molecule has 2 rings (SSSR count). The van der Waals surface area contributed by atoms with E-state index in [9.17, 15) is 4.79 Å². The molecule has 0 aliphatic carbocycles. The molecular weight excluding hydrogens is 228 g/mol. The lowest BCUT2D eigenvalue weighted by Gasteiger charge is -2.19. The number of aromatic nitrogens is 3. The third kappa shape index (κ3) is 2.94. The monoisotopic (exact) mass is 244 g/mol. The Bertz CT molecular complexity index is 581. The van der Waals surface area contributed by atoms with Crippen LogP contribution in [-0.4, -0.2) is 15.2 Å². The van der Waals surface area contributed by atoms with Gasteiger partial charge in [-0.1, -0.05) is 32.9 Å². The maximum atomic E-state index is 11.1. The molecule has 5 nitrogen and oxygen atoms in total. The van der Waals surface area contributed by atoms with Gasteiger partial charge in [-0.25, -0.2) is 0 Å². The van der Waals surface area contributed by atoms with E-state index in [2.05, 4.69) is 53.4 Å². The molecule has 0 fully saturated rings. The van der Waals surface area contributed by atoms with Crippen LogP contribution in [0.3, 0.4) is 0 Å². The summed E-state index contributed by atoms with van der Waals surface area (Å²) in [5.41, 5.74) is 1.96. The highest BCUT2D eigenvalue weighted by atomic mass is 16.1. The van der Waals surface area contributed by atoms with Crippen molar-refractivity contribution < 1.29 is 0 Å². The molecule has 18 heavy (non-hydrogen) atoms. The Labute approximate surface area is 105 Å². The van der Waals surface area contributed by atoms with E-state index in [0.717, 1.165) is 11.9 Å². The minimum atomic E-state index is -0.279. The fourth-order valence-electron chi connectivity index (χ4n) is 1.56. The van der Waals surface area contributed by atoms with Gasteiger partial charge in [0.05, 0.1) is 0 Å². The van der Waals surface area contributed by atoms with Crippen LogP contribution in [0.4, 0.5) is 11.6 Å². The minimum absolute atomic E-state index is 0.124. The second kappa shape index (κ2) is 4.60. The number of benzene rings is 1. The van der Waals surface area contributed by atoms with Crippen LogP contribution in [0.5, 0.6) is 0 Å². The number of nitrogens with one attached hydrogen (secondary N) is 2. The summed E-state index contributed by atoms with van der Waals surface area (Å²) in [5.74, 6) is 0.339. The normalized spacial score (nSPS) is 11.3. The van der Waals surface area contributed by atoms with Crippen LogP contribution in [0, 0.1) is 0 Å². The van der Waals surface area contributed by atoms with E-state index in [1.165, 1.54) is 5.56 Å². The van der Waals surface area contributed by atoms with Gasteiger partial charge in [-0.2, -0.15) is 0 Å². The molecule has 1 aromatic heterocycles. The van der Waals surface area contributed by atoms with Crippen molar-refractivity contribution in [2.45, 2.75) is 26.2 Å². The topological polar surface area (TPSA) is 70.7 Å². The number of rotatable bonds is 2. The predicted octanol–water partition coefficient (Wildman–Crippen LogP) is 2.21. The molecule has 1 heterocycles. The summed E-state index contributed by atoms with van der Waals surface area (Å²) in [5, 5.41) is 10.4. The number of hydrogen-bond acceptors (Lipinski definition) is 4. The SMILES string of the molecule is CC(C)(C)c1ccc(Nc2nncc(=O)[nH]2)cc1. The van der Waals surface area contributed by atoms with Crippen molar-refractivity contribution >= 4 is 11.6 Å². The summed E-state index contributed by atoms with van der Waals surface area (Å²) in [4.78, 5) is 13.6. The van der Waals surface area contributed by atoms with E-state index < -0.39 is 0 Å². The lowest BCUT2D eigenvalue weighted by Crippen LogP contribution is -2.12. The summed E-state index contributed by atoms with van der Waals surface area (Å²) in [6, 6.07) is 8.01. The average Bonchev–Trinajstić information content (AvgIpc) is 2.28. The summed E-state index contributed by atoms with van der Waals surface area (Å²) >= 11 is 0. The van der Waals surface area contributed by atoms with Crippen molar-refractivity contribution in [1.82, 2.24) is 15.2 Å². The highest BCUT2D eigenvalue weighted by Crippen LogP contribution is 2.23. The van der Waals surface area contributed by atoms with Crippen LogP contribution >= 0.6 is 0 Å². The molecule has 0 saturated heterocycles.